The minimum Gasteiger partial charge on any atom is -0.351 e. The Labute approximate surface area is 122 Å². The summed E-state index contributed by atoms with van der Waals surface area (Å²) in [5.74, 6) is -0.105. The summed E-state index contributed by atoms with van der Waals surface area (Å²) < 4.78 is 0.739. The summed E-state index contributed by atoms with van der Waals surface area (Å²) in [5.41, 5.74) is 0.459. The molecule has 2 rings (SSSR count). The maximum atomic E-state index is 11.9. The van der Waals surface area contributed by atoms with Gasteiger partial charge in [-0.05, 0) is 67.0 Å². The second-order valence-electron chi connectivity index (χ2n) is 4.85. The van der Waals surface area contributed by atoms with Crippen molar-refractivity contribution in [3.8, 4) is 0 Å². The topological polar surface area (TPSA) is 45.2 Å². The van der Waals surface area contributed by atoms with Crippen LogP contribution in [0, 0.1) is 0 Å². The molecule has 0 bridgehead atoms. The van der Waals surface area contributed by atoms with Gasteiger partial charge in [0.05, 0.1) is 0 Å². The molecule has 1 aliphatic heterocycles. The first-order chi connectivity index (χ1) is 9.27. The Morgan fingerprint density at radius 3 is 2.89 bits per heavy atom. The van der Waals surface area contributed by atoms with Crippen LogP contribution in [0.2, 0.25) is 0 Å². The highest BCUT2D eigenvalue weighted by molar-refractivity contribution is 9.10. The number of likely N-dealkylation sites (tertiary alicyclic amines) is 1. The molecule has 5 heteroatoms. The van der Waals surface area contributed by atoms with Gasteiger partial charge in [-0.2, -0.15) is 0 Å². The maximum absolute atomic E-state index is 11.9. The van der Waals surface area contributed by atoms with Crippen molar-refractivity contribution in [1.29, 1.82) is 0 Å². The summed E-state index contributed by atoms with van der Waals surface area (Å²) in [4.78, 5) is 18.5. The fraction of sp³-hybridized carbons (Fsp3) is 0.571. The van der Waals surface area contributed by atoms with Crippen molar-refractivity contribution in [3.05, 3.63) is 28.5 Å². The van der Waals surface area contributed by atoms with Crippen LogP contribution >= 0.6 is 15.9 Å². The van der Waals surface area contributed by atoms with Crippen LogP contribution in [-0.4, -0.2) is 42.0 Å². The predicted octanol–water partition coefficient (Wildman–Crippen LogP) is 2.45. The first-order valence-corrected chi connectivity index (χ1v) is 7.68. The van der Waals surface area contributed by atoms with Crippen LogP contribution < -0.4 is 5.32 Å². The molecule has 0 radical (unpaired) electrons. The monoisotopic (exact) mass is 325 g/mol. The van der Waals surface area contributed by atoms with Gasteiger partial charge in [0.1, 0.15) is 5.69 Å². The van der Waals surface area contributed by atoms with E-state index in [0.717, 1.165) is 17.4 Å². The van der Waals surface area contributed by atoms with Gasteiger partial charge in [0.25, 0.3) is 5.91 Å². The number of aromatic nitrogens is 1. The smallest absolute Gasteiger partial charge is 0.271 e. The molecular formula is C14H20BrN3O. The Bertz CT molecular complexity index is 419. The number of carbonyl (C=O) groups is 1. The molecule has 0 atom stereocenters. The van der Waals surface area contributed by atoms with E-state index in [4.69, 9.17) is 0 Å². The molecule has 1 N–H and O–H groups in total. The van der Waals surface area contributed by atoms with Gasteiger partial charge >= 0.3 is 0 Å². The third-order valence-electron chi connectivity index (χ3n) is 3.36. The second-order valence-corrected chi connectivity index (χ2v) is 5.70. The van der Waals surface area contributed by atoms with Gasteiger partial charge in [-0.15, -0.1) is 0 Å². The summed E-state index contributed by atoms with van der Waals surface area (Å²) in [6, 6.07) is 3.63. The normalized spacial score (nSPS) is 16.3. The van der Waals surface area contributed by atoms with Gasteiger partial charge in [0, 0.05) is 17.2 Å². The van der Waals surface area contributed by atoms with Crippen molar-refractivity contribution in [2.75, 3.05) is 26.2 Å². The molecule has 0 saturated carbocycles. The van der Waals surface area contributed by atoms with Crippen LogP contribution in [-0.2, 0) is 0 Å². The largest absolute Gasteiger partial charge is 0.351 e. The number of halogens is 1. The van der Waals surface area contributed by atoms with Crippen molar-refractivity contribution in [1.82, 2.24) is 15.2 Å². The Morgan fingerprint density at radius 1 is 1.37 bits per heavy atom. The zero-order valence-electron chi connectivity index (χ0n) is 11.1. The number of amides is 1. The molecular weight excluding hydrogens is 306 g/mol. The lowest BCUT2D eigenvalue weighted by molar-refractivity contribution is 0.0945. The highest BCUT2D eigenvalue weighted by Gasteiger charge is 2.11. The molecule has 0 aliphatic carbocycles. The number of rotatable bonds is 5. The molecule has 1 aromatic rings. The first kappa shape index (κ1) is 14.5. The Morgan fingerprint density at radius 2 is 2.16 bits per heavy atom. The summed E-state index contributed by atoms with van der Waals surface area (Å²) in [7, 11) is 0. The molecule has 104 valence electrons. The standard InChI is InChI=1S/C14H20BrN3O/c15-12-6-4-7-16-13(12)14(19)17-8-5-11-18-9-2-1-3-10-18/h4,6-7H,1-3,5,8-11H2,(H,17,19). The van der Waals surface area contributed by atoms with Crippen molar-refractivity contribution >= 4 is 21.8 Å². The predicted molar refractivity (Wildman–Crippen MR) is 79.2 cm³/mol. The number of piperidine rings is 1. The number of hydrogen-bond acceptors (Lipinski definition) is 3. The minimum atomic E-state index is -0.105. The molecule has 1 saturated heterocycles. The average Bonchev–Trinajstić information content (AvgIpc) is 2.45. The lowest BCUT2D eigenvalue weighted by atomic mass is 10.1. The van der Waals surface area contributed by atoms with Gasteiger partial charge in [-0.3, -0.25) is 4.79 Å². The SMILES string of the molecule is O=C(NCCCN1CCCCC1)c1ncccc1Br. The molecule has 0 spiro atoms. The van der Waals surface area contributed by atoms with Crippen molar-refractivity contribution in [3.63, 3.8) is 0 Å². The summed E-state index contributed by atoms with van der Waals surface area (Å²) in [6.45, 7) is 4.20. The lowest BCUT2D eigenvalue weighted by Crippen LogP contribution is -2.33. The first-order valence-electron chi connectivity index (χ1n) is 6.88. The van der Waals surface area contributed by atoms with Crippen LogP contribution in [0.3, 0.4) is 0 Å². The molecule has 1 fully saturated rings. The molecule has 0 aromatic carbocycles. The second kappa shape index (κ2) is 7.60. The minimum absolute atomic E-state index is 0.105. The summed E-state index contributed by atoms with van der Waals surface area (Å²) in [6.07, 6.45) is 6.62. The lowest BCUT2D eigenvalue weighted by Gasteiger charge is -2.26. The number of carbonyl (C=O) groups excluding carboxylic acids is 1. The van der Waals surface area contributed by atoms with E-state index in [1.165, 1.54) is 32.4 Å². The molecule has 1 amide bonds. The van der Waals surface area contributed by atoms with E-state index in [9.17, 15) is 4.79 Å². The third kappa shape index (κ3) is 4.58. The quantitative estimate of drug-likeness (QED) is 0.846. The molecule has 2 heterocycles. The zero-order valence-corrected chi connectivity index (χ0v) is 12.7. The van der Waals surface area contributed by atoms with Gasteiger partial charge in [0.2, 0.25) is 0 Å². The number of nitrogens with one attached hydrogen (secondary N) is 1. The van der Waals surface area contributed by atoms with Crippen LogP contribution in [0.4, 0.5) is 0 Å². The van der Waals surface area contributed by atoms with E-state index in [1.54, 1.807) is 12.3 Å². The average molecular weight is 326 g/mol. The third-order valence-corrected chi connectivity index (χ3v) is 4.00. The fourth-order valence-electron chi connectivity index (χ4n) is 2.32. The zero-order chi connectivity index (χ0) is 13.5. The summed E-state index contributed by atoms with van der Waals surface area (Å²) >= 11 is 3.34. The van der Waals surface area contributed by atoms with E-state index in [-0.39, 0.29) is 5.91 Å². The highest BCUT2D eigenvalue weighted by Crippen LogP contribution is 2.12. The molecule has 0 unspecified atom stereocenters. The molecule has 4 nitrogen and oxygen atoms in total. The van der Waals surface area contributed by atoms with Crippen molar-refractivity contribution in [2.24, 2.45) is 0 Å². The Balaban J connectivity index is 1.68. The fourth-order valence-corrected chi connectivity index (χ4v) is 2.76. The van der Waals surface area contributed by atoms with E-state index < -0.39 is 0 Å². The number of nitrogens with zero attached hydrogens (tertiary/aromatic N) is 2. The van der Waals surface area contributed by atoms with E-state index in [0.29, 0.717) is 12.2 Å². The number of hydrogen-bond donors (Lipinski definition) is 1. The maximum Gasteiger partial charge on any atom is 0.271 e. The summed E-state index contributed by atoms with van der Waals surface area (Å²) in [5, 5.41) is 2.92. The Hall–Kier alpha value is -0.940. The molecule has 1 aromatic heterocycles. The van der Waals surface area contributed by atoms with E-state index in [1.807, 2.05) is 6.07 Å². The van der Waals surface area contributed by atoms with Crippen molar-refractivity contribution < 1.29 is 4.79 Å². The molecule has 19 heavy (non-hydrogen) atoms. The molecule has 1 aliphatic rings. The Kier molecular flexibility index (Phi) is 5.79. The van der Waals surface area contributed by atoms with Gasteiger partial charge in [0.15, 0.2) is 0 Å². The van der Waals surface area contributed by atoms with Gasteiger partial charge in [-0.25, -0.2) is 4.98 Å². The number of pyridine rings is 1. The van der Waals surface area contributed by atoms with Crippen LogP contribution in [0.1, 0.15) is 36.2 Å². The van der Waals surface area contributed by atoms with Crippen LogP contribution in [0.25, 0.3) is 0 Å². The van der Waals surface area contributed by atoms with E-state index >= 15 is 0 Å². The van der Waals surface area contributed by atoms with E-state index in [2.05, 4.69) is 31.1 Å². The highest BCUT2D eigenvalue weighted by atomic mass is 79.9. The van der Waals surface area contributed by atoms with Crippen LogP contribution in [0.5, 0.6) is 0 Å². The van der Waals surface area contributed by atoms with Gasteiger partial charge < -0.3 is 10.2 Å². The van der Waals surface area contributed by atoms with Crippen LogP contribution in [0.15, 0.2) is 22.8 Å². The van der Waals surface area contributed by atoms with Crippen molar-refractivity contribution in [2.45, 2.75) is 25.7 Å². The van der Waals surface area contributed by atoms with Gasteiger partial charge in [-0.1, -0.05) is 6.42 Å².